The van der Waals surface area contributed by atoms with Crippen molar-refractivity contribution in [2.45, 2.75) is 51.6 Å². The lowest BCUT2D eigenvalue weighted by Crippen LogP contribution is -2.44. The highest BCUT2D eigenvalue weighted by Crippen LogP contribution is 2.22. The van der Waals surface area contributed by atoms with Crippen molar-refractivity contribution >= 4 is 23.3 Å². The molecule has 2 atom stereocenters. The summed E-state index contributed by atoms with van der Waals surface area (Å²) < 4.78 is 0. The number of hydrogen-bond donors (Lipinski definition) is 3. The number of carboxylic acid groups (broad SMARTS) is 1. The Bertz CT molecular complexity index is 503. The van der Waals surface area contributed by atoms with Gasteiger partial charge in [-0.3, -0.25) is 0 Å². The van der Waals surface area contributed by atoms with Crippen molar-refractivity contribution in [3.05, 3.63) is 16.1 Å². The number of rotatable bonds is 4. The molecule has 0 radical (unpaired) electrons. The number of amides is 2. The number of carbonyl (C=O) groups excluding carboxylic acids is 1. The summed E-state index contributed by atoms with van der Waals surface area (Å²) in [5.41, 5.74) is 0.0228. The number of urea groups is 1. The second-order valence-electron chi connectivity index (χ2n) is 5.48. The van der Waals surface area contributed by atoms with Gasteiger partial charge < -0.3 is 15.7 Å². The Morgan fingerprint density at radius 1 is 1.38 bits per heavy atom. The highest BCUT2D eigenvalue weighted by atomic mass is 32.1. The van der Waals surface area contributed by atoms with Gasteiger partial charge in [-0.05, 0) is 18.8 Å². The van der Waals surface area contributed by atoms with Gasteiger partial charge in [0.2, 0.25) is 0 Å². The fraction of sp³-hybridized carbons (Fsp3) is 0.643. The van der Waals surface area contributed by atoms with Crippen LogP contribution in [-0.4, -0.2) is 28.1 Å². The number of carboxylic acids is 1. The minimum atomic E-state index is -1.05. The molecule has 2 rings (SSSR count). The molecule has 2 amide bonds. The van der Waals surface area contributed by atoms with Crippen LogP contribution >= 0.6 is 11.3 Å². The van der Waals surface area contributed by atoms with Gasteiger partial charge in [0.25, 0.3) is 0 Å². The Kier molecular flexibility index (Phi) is 5.55. The van der Waals surface area contributed by atoms with Crippen LogP contribution in [0, 0.1) is 5.92 Å². The molecular weight excluding hydrogens is 290 g/mol. The number of aromatic carboxylic acids is 1. The Hall–Kier alpha value is -1.63. The first-order valence-electron chi connectivity index (χ1n) is 7.28. The predicted octanol–water partition coefficient (Wildman–Crippen LogP) is 2.61. The van der Waals surface area contributed by atoms with E-state index in [1.807, 2.05) is 0 Å². The van der Waals surface area contributed by atoms with Gasteiger partial charge in [0.05, 0.1) is 6.54 Å². The van der Waals surface area contributed by atoms with Crippen LogP contribution in [-0.2, 0) is 6.54 Å². The molecule has 1 aliphatic carbocycles. The van der Waals surface area contributed by atoms with Crippen LogP contribution in [0.2, 0.25) is 0 Å². The molecule has 0 aromatic carbocycles. The zero-order valence-electron chi connectivity index (χ0n) is 12.1. The molecule has 0 saturated heterocycles. The van der Waals surface area contributed by atoms with Crippen LogP contribution in [0.1, 0.15) is 54.5 Å². The molecule has 1 heterocycles. The number of carbonyl (C=O) groups is 2. The molecule has 1 aliphatic rings. The van der Waals surface area contributed by atoms with E-state index in [9.17, 15) is 9.59 Å². The number of nitrogens with one attached hydrogen (secondary N) is 2. The highest BCUT2D eigenvalue weighted by Gasteiger charge is 2.21. The third-order valence-electron chi connectivity index (χ3n) is 3.85. The van der Waals surface area contributed by atoms with E-state index in [-0.39, 0.29) is 24.3 Å². The zero-order chi connectivity index (χ0) is 15.2. The van der Waals surface area contributed by atoms with E-state index in [0.29, 0.717) is 10.9 Å². The van der Waals surface area contributed by atoms with Gasteiger partial charge in [0.15, 0.2) is 5.69 Å². The monoisotopic (exact) mass is 311 g/mol. The number of nitrogens with zero attached hydrogens (tertiary/aromatic N) is 1. The standard InChI is InChI=1S/C14H21N3O3S/c1-9-5-3-2-4-6-10(9)17-14(20)15-7-12-16-11(8-21-12)13(18)19/h8-10H,2-7H2,1H3,(H,18,19)(H2,15,17,20). The average molecular weight is 311 g/mol. The average Bonchev–Trinajstić information content (AvgIpc) is 2.84. The van der Waals surface area contributed by atoms with Gasteiger partial charge in [-0.2, -0.15) is 0 Å². The predicted molar refractivity (Wildman–Crippen MR) is 80.5 cm³/mol. The van der Waals surface area contributed by atoms with Crippen LogP contribution in [0.5, 0.6) is 0 Å². The summed E-state index contributed by atoms with van der Waals surface area (Å²) in [5, 5.41) is 16.6. The zero-order valence-corrected chi connectivity index (χ0v) is 12.9. The second kappa shape index (κ2) is 7.40. The largest absolute Gasteiger partial charge is 0.476 e. The normalized spacial score (nSPS) is 22.3. The number of hydrogen-bond acceptors (Lipinski definition) is 4. The fourth-order valence-electron chi connectivity index (χ4n) is 2.57. The van der Waals surface area contributed by atoms with Crippen molar-refractivity contribution in [1.29, 1.82) is 0 Å². The smallest absolute Gasteiger partial charge is 0.355 e. The lowest BCUT2D eigenvalue weighted by Gasteiger charge is -2.22. The third kappa shape index (κ3) is 4.70. The van der Waals surface area contributed by atoms with Crippen LogP contribution in [0.4, 0.5) is 4.79 Å². The Morgan fingerprint density at radius 2 is 2.14 bits per heavy atom. The van der Waals surface area contributed by atoms with Gasteiger partial charge in [0, 0.05) is 11.4 Å². The molecule has 1 saturated carbocycles. The van der Waals surface area contributed by atoms with Crippen molar-refractivity contribution in [3.8, 4) is 0 Å². The maximum atomic E-state index is 11.9. The lowest BCUT2D eigenvalue weighted by molar-refractivity contribution is 0.0691. The quantitative estimate of drug-likeness (QED) is 0.745. The van der Waals surface area contributed by atoms with Crippen molar-refractivity contribution in [3.63, 3.8) is 0 Å². The molecular formula is C14H21N3O3S. The SMILES string of the molecule is CC1CCCCCC1NC(=O)NCc1nc(C(=O)O)cs1. The summed E-state index contributed by atoms with van der Waals surface area (Å²) >= 11 is 1.24. The van der Waals surface area contributed by atoms with Crippen LogP contribution in [0.25, 0.3) is 0 Å². The second-order valence-corrected chi connectivity index (χ2v) is 6.42. The molecule has 1 aromatic heterocycles. The van der Waals surface area contributed by atoms with Crippen molar-refractivity contribution in [2.24, 2.45) is 5.92 Å². The molecule has 2 unspecified atom stereocenters. The van der Waals surface area contributed by atoms with E-state index in [1.165, 1.54) is 29.6 Å². The van der Waals surface area contributed by atoms with Gasteiger partial charge in [-0.25, -0.2) is 14.6 Å². The molecule has 21 heavy (non-hydrogen) atoms. The number of thiazole rings is 1. The highest BCUT2D eigenvalue weighted by molar-refractivity contribution is 7.09. The summed E-state index contributed by atoms with van der Waals surface area (Å²) in [6.07, 6.45) is 5.80. The topological polar surface area (TPSA) is 91.3 Å². The molecule has 1 aromatic rings. The van der Waals surface area contributed by atoms with Gasteiger partial charge in [-0.15, -0.1) is 11.3 Å². The fourth-order valence-corrected chi connectivity index (χ4v) is 3.28. The Balaban J connectivity index is 1.79. The van der Waals surface area contributed by atoms with Crippen molar-refractivity contribution < 1.29 is 14.7 Å². The molecule has 1 fully saturated rings. The van der Waals surface area contributed by atoms with Crippen molar-refractivity contribution in [2.75, 3.05) is 0 Å². The maximum absolute atomic E-state index is 11.9. The number of aromatic nitrogens is 1. The van der Waals surface area contributed by atoms with E-state index in [2.05, 4.69) is 22.5 Å². The maximum Gasteiger partial charge on any atom is 0.355 e. The van der Waals surface area contributed by atoms with E-state index in [0.717, 1.165) is 19.3 Å². The van der Waals surface area contributed by atoms with E-state index in [1.54, 1.807) is 0 Å². The molecule has 6 nitrogen and oxygen atoms in total. The van der Waals surface area contributed by atoms with Gasteiger partial charge >= 0.3 is 12.0 Å². The van der Waals surface area contributed by atoms with Crippen LogP contribution < -0.4 is 10.6 Å². The summed E-state index contributed by atoms with van der Waals surface area (Å²) in [7, 11) is 0. The van der Waals surface area contributed by atoms with Crippen molar-refractivity contribution in [1.82, 2.24) is 15.6 Å². The molecule has 3 N–H and O–H groups in total. The Labute approximate surface area is 128 Å². The summed E-state index contributed by atoms with van der Waals surface area (Å²) in [6, 6.07) is 0.0131. The first-order valence-corrected chi connectivity index (χ1v) is 8.16. The van der Waals surface area contributed by atoms with E-state index < -0.39 is 5.97 Å². The Morgan fingerprint density at radius 3 is 2.86 bits per heavy atom. The first kappa shape index (κ1) is 15.8. The molecule has 116 valence electrons. The first-order chi connectivity index (χ1) is 10.1. The summed E-state index contributed by atoms with van der Waals surface area (Å²) in [4.78, 5) is 26.6. The van der Waals surface area contributed by atoms with E-state index in [4.69, 9.17) is 5.11 Å². The minimum absolute atomic E-state index is 0.0228. The molecule has 0 bridgehead atoms. The van der Waals surface area contributed by atoms with E-state index >= 15 is 0 Å². The summed E-state index contributed by atoms with van der Waals surface area (Å²) in [6.45, 7) is 2.43. The summed E-state index contributed by atoms with van der Waals surface area (Å²) in [5.74, 6) is -0.550. The minimum Gasteiger partial charge on any atom is -0.476 e. The third-order valence-corrected chi connectivity index (χ3v) is 4.70. The van der Waals surface area contributed by atoms with Gasteiger partial charge in [0.1, 0.15) is 5.01 Å². The molecule has 0 aliphatic heterocycles. The molecule has 0 spiro atoms. The van der Waals surface area contributed by atoms with Crippen LogP contribution in [0.3, 0.4) is 0 Å². The van der Waals surface area contributed by atoms with Crippen LogP contribution in [0.15, 0.2) is 5.38 Å². The van der Waals surface area contributed by atoms with Gasteiger partial charge in [-0.1, -0.05) is 26.2 Å². The lowest BCUT2D eigenvalue weighted by atomic mass is 9.97. The molecule has 7 heteroatoms.